The Labute approximate surface area is 133 Å². The van der Waals surface area contributed by atoms with Crippen molar-refractivity contribution in [3.05, 3.63) is 64.9 Å². The van der Waals surface area contributed by atoms with E-state index in [4.69, 9.17) is 16.3 Å². The summed E-state index contributed by atoms with van der Waals surface area (Å²) in [6.07, 6.45) is -0.574. The molecule has 0 heterocycles. The van der Waals surface area contributed by atoms with Gasteiger partial charge < -0.3 is 4.74 Å². The molecule has 4 nitrogen and oxygen atoms in total. The predicted octanol–water partition coefficient (Wildman–Crippen LogP) is 3.15. The van der Waals surface area contributed by atoms with Gasteiger partial charge in [0.05, 0.1) is 6.10 Å². The number of rotatable bonds is 6. The average Bonchev–Trinajstić information content (AvgIpc) is 2.49. The van der Waals surface area contributed by atoms with E-state index in [0.29, 0.717) is 10.6 Å². The van der Waals surface area contributed by atoms with Gasteiger partial charge in [-0.15, -0.1) is 0 Å². The Kier molecular flexibility index (Phi) is 5.52. The van der Waals surface area contributed by atoms with E-state index in [1.165, 1.54) is 25.3 Å². The average molecular weight is 344 g/mol. The van der Waals surface area contributed by atoms with E-state index < -0.39 is 26.8 Å². The number of hydrogen-bond acceptors (Lipinski definition) is 3. The maximum absolute atomic E-state index is 13.6. The number of ether oxygens (including phenoxy) is 1. The number of halogens is 2. The third-order valence-electron chi connectivity index (χ3n) is 3.12. The van der Waals surface area contributed by atoms with Crippen LogP contribution in [0, 0.1) is 5.82 Å². The molecule has 1 unspecified atom stereocenters. The fourth-order valence-corrected chi connectivity index (χ4v) is 3.35. The molecule has 0 aliphatic carbocycles. The highest BCUT2D eigenvalue weighted by molar-refractivity contribution is 7.89. The molecule has 7 heteroatoms. The van der Waals surface area contributed by atoms with E-state index in [2.05, 4.69) is 4.72 Å². The highest BCUT2D eigenvalue weighted by Gasteiger charge is 2.21. The fraction of sp³-hybridized carbons (Fsp3) is 0.200. The van der Waals surface area contributed by atoms with Gasteiger partial charge in [0.2, 0.25) is 10.0 Å². The lowest BCUT2D eigenvalue weighted by Gasteiger charge is -2.18. The lowest BCUT2D eigenvalue weighted by atomic mass is 10.1. The van der Waals surface area contributed by atoms with Gasteiger partial charge >= 0.3 is 0 Å². The zero-order valence-electron chi connectivity index (χ0n) is 11.8. The third kappa shape index (κ3) is 3.84. The molecule has 0 aromatic heterocycles. The van der Waals surface area contributed by atoms with Crippen molar-refractivity contribution in [2.24, 2.45) is 0 Å². The van der Waals surface area contributed by atoms with Crippen LogP contribution in [-0.4, -0.2) is 22.1 Å². The molecule has 0 radical (unpaired) electrons. The van der Waals surface area contributed by atoms with Gasteiger partial charge in [-0.3, -0.25) is 0 Å². The molecule has 118 valence electrons. The summed E-state index contributed by atoms with van der Waals surface area (Å²) in [6, 6.07) is 12.2. The predicted molar refractivity (Wildman–Crippen MR) is 82.8 cm³/mol. The largest absolute Gasteiger partial charge is 0.375 e. The molecule has 0 fully saturated rings. The van der Waals surface area contributed by atoms with Gasteiger partial charge in [-0.2, -0.15) is 0 Å². The van der Waals surface area contributed by atoms with Crippen LogP contribution in [0.1, 0.15) is 11.7 Å². The Hall–Kier alpha value is -1.47. The molecule has 2 aromatic carbocycles. The Morgan fingerprint density at radius 3 is 2.45 bits per heavy atom. The Bertz CT molecular complexity index is 752. The van der Waals surface area contributed by atoms with Crippen molar-refractivity contribution in [3.63, 3.8) is 0 Å². The molecule has 22 heavy (non-hydrogen) atoms. The maximum Gasteiger partial charge on any atom is 0.243 e. The summed E-state index contributed by atoms with van der Waals surface area (Å²) in [4.78, 5) is -0.399. The van der Waals surface area contributed by atoms with Crippen LogP contribution in [0.3, 0.4) is 0 Å². The minimum Gasteiger partial charge on any atom is -0.375 e. The third-order valence-corrected chi connectivity index (χ3v) is 4.92. The molecule has 0 amide bonds. The molecular weight excluding hydrogens is 329 g/mol. The second-order valence-corrected chi connectivity index (χ2v) is 6.67. The first-order chi connectivity index (χ1) is 10.5. The molecule has 1 atom stereocenters. The maximum atomic E-state index is 13.6. The van der Waals surface area contributed by atoms with Gasteiger partial charge in [0, 0.05) is 24.2 Å². The summed E-state index contributed by atoms with van der Waals surface area (Å²) >= 11 is 6.07. The summed E-state index contributed by atoms with van der Waals surface area (Å²) in [5.41, 5.74) is 0.655. The highest BCUT2D eigenvalue weighted by atomic mass is 35.5. The molecule has 0 aliphatic rings. The minimum absolute atomic E-state index is 0.0586. The first kappa shape index (κ1) is 16.9. The molecule has 2 rings (SSSR count). The van der Waals surface area contributed by atoms with Crippen LogP contribution in [0.4, 0.5) is 4.39 Å². The minimum atomic E-state index is -3.97. The zero-order chi connectivity index (χ0) is 16.2. The van der Waals surface area contributed by atoms with Gasteiger partial charge in [0.1, 0.15) is 10.7 Å². The van der Waals surface area contributed by atoms with Crippen molar-refractivity contribution < 1.29 is 17.5 Å². The lowest BCUT2D eigenvalue weighted by Crippen LogP contribution is -2.30. The van der Waals surface area contributed by atoms with Crippen LogP contribution in [0.5, 0.6) is 0 Å². The smallest absolute Gasteiger partial charge is 0.243 e. The molecule has 0 bridgehead atoms. The second kappa shape index (κ2) is 7.19. The summed E-state index contributed by atoms with van der Waals surface area (Å²) in [7, 11) is -2.52. The molecule has 2 aromatic rings. The van der Waals surface area contributed by atoms with Crippen LogP contribution < -0.4 is 4.72 Å². The lowest BCUT2D eigenvalue weighted by molar-refractivity contribution is 0.107. The normalized spacial score (nSPS) is 13.0. The molecule has 0 saturated heterocycles. The quantitative estimate of drug-likeness (QED) is 0.876. The van der Waals surface area contributed by atoms with Gasteiger partial charge in [-0.25, -0.2) is 17.5 Å². The van der Waals surface area contributed by atoms with Crippen molar-refractivity contribution >= 4 is 21.6 Å². The fourth-order valence-electron chi connectivity index (χ4n) is 1.98. The van der Waals surface area contributed by atoms with Crippen molar-refractivity contribution in [2.75, 3.05) is 13.7 Å². The van der Waals surface area contributed by atoms with Crippen LogP contribution in [0.15, 0.2) is 53.4 Å². The number of sulfonamides is 1. The van der Waals surface area contributed by atoms with Crippen LogP contribution >= 0.6 is 11.6 Å². The van der Waals surface area contributed by atoms with Gasteiger partial charge in [-0.05, 0) is 18.2 Å². The van der Waals surface area contributed by atoms with Crippen molar-refractivity contribution in [3.8, 4) is 0 Å². The van der Waals surface area contributed by atoms with E-state index in [9.17, 15) is 12.8 Å². The number of hydrogen-bond donors (Lipinski definition) is 1. The van der Waals surface area contributed by atoms with Gasteiger partial charge in [0.25, 0.3) is 0 Å². The molecule has 0 saturated carbocycles. The standard InChI is InChI=1S/C15H15ClFNO3S/c1-21-14(11-6-2-3-7-12(11)16)10-18-22(19,20)15-9-5-4-8-13(15)17/h2-9,14,18H,10H2,1H3. The van der Waals surface area contributed by atoms with E-state index >= 15 is 0 Å². The number of methoxy groups -OCH3 is 1. The monoisotopic (exact) mass is 343 g/mol. The zero-order valence-corrected chi connectivity index (χ0v) is 13.4. The van der Waals surface area contributed by atoms with Crippen LogP contribution in [0.25, 0.3) is 0 Å². The Morgan fingerprint density at radius 2 is 1.82 bits per heavy atom. The first-order valence-electron chi connectivity index (χ1n) is 6.47. The second-order valence-electron chi connectivity index (χ2n) is 4.53. The first-order valence-corrected chi connectivity index (χ1v) is 8.33. The van der Waals surface area contributed by atoms with E-state index in [-0.39, 0.29) is 6.54 Å². The van der Waals surface area contributed by atoms with E-state index in [1.807, 2.05) is 0 Å². The summed E-state index contributed by atoms with van der Waals surface area (Å²) in [5.74, 6) is -0.804. The summed E-state index contributed by atoms with van der Waals surface area (Å²) in [6.45, 7) is -0.0586. The topological polar surface area (TPSA) is 55.4 Å². The summed E-state index contributed by atoms with van der Waals surface area (Å²) < 4.78 is 45.5. The van der Waals surface area contributed by atoms with E-state index in [1.54, 1.807) is 24.3 Å². The Morgan fingerprint density at radius 1 is 1.18 bits per heavy atom. The van der Waals surface area contributed by atoms with Crippen LogP contribution in [-0.2, 0) is 14.8 Å². The van der Waals surface area contributed by atoms with Crippen molar-refractivity contribution in [1.82, 2.24) is 4.72 Å². The summed E-state index contributed by atoms with van der Waals surface area (Å²) in [5, 5.41) is 0.472. The van der Waals surface area contributed by atoms with Gasteiger partial charge in [0.15, 0.2) is 0 Å². The van der Waals surface area contributed by atoms with Crippen LogP contribution in [0.2, 0.25) is 5.02 Å². The van der Waals surface area contributed by atoms with Crippen molar-refractivity contribution in [2.45, 2.75) is 11.0 Å². The van der Waals surface area contributed by atoms with Crippen molar-refractivity contribution in [1.29, 1.82) is 0 Å². The molecule has 0 spiro atoms. The van der Waals surface area contributed by atoms with E-state index in [0.717, 1.165) is 6.07 Å². The number of benzene rings is 2. The molecule has 0 aliphatic heterocycles. The molecule has 1 N–H and O–H groups in total. The molecular formula is C15H15ClFNO3S. The van der Waals surface area contributed by atoms with Gasteiger partial charge in [-0.1, -0.05) is 41.9 Å². The SMILES string of the molecule is COC(CNS(=O)(=O)c1ccccc1F)c1ccccc1Cl. The highest BCUT2D eigenvalue weighted by Crippen LogP contribution is 2.25. The Balaban J connectivity index is 2.17. The number of nitrogens with one attached hydrogen (secondary N) is 1.